The van der Waals surface area contributed by atoms with Crippen LogP contribution in [0.5, 0.6) is 17.2 Å². The number of esters is 1. The summed E-state index contributed by atoms with van der Waals surface area (Å²) in [7, 11) is 0. The van der Waals surface area contributed by atoms with Crippen LogP contribution in [0.15, 0.2) is 42.5 Å². The highest BCUT2D eigenvalue weighted by atomic mass is 16.5. The molecule has 24 nitrogen and oxygen atoms in total. The van der Waals surface area contributed by atoms with Crippen LogP contribution in [-0.2, 0) is 65.7 Å². The SMILES string of the molecule is CCCCCCCCCCCCCCCCCCCCCCOc1ccc(COC(=O)[C@H](CC(C)C)NC(=O)[C@H](Cc2ccc(O)cc2)N(C(=O)[C@H](CCC(=O)O)N(C(=O)[C@H](CCC(=O)O)N(C(=O)[C@@H]2CCCN2C(=O)[C@@H](NC(=O)[C@H](CCC(=O)O)NC(C)(C)C)[C@@H](C)CC)C(C)(C)C)C(C)(C)C)C(C)(C)C)c(OCCCCCCCCCCCCCCCCCCCCCC)c1. The molecule has 0 aliphatic carbocycles. The largest absolute Gasteiger partial charge is 0.508 e. The second kappa shape index (κ2) is 65.3. The molecule has 132 heavy (non-hydrogen) atoms. The van der Waals surface area contributed by atoms with Gasteiger partial charge in [-0.2, -0.15) is 0 Å². The van der Waals surface area contributed by atoms with Crippen LogP contribution in [0.3, 0.4) is 0 Å². The number of rotatable bonds is 74. The van der Waals surface area contributed by atoms with Crippen LogP contribution in [-0.4, -0.2) is 184 Å². The molecule has 3 rings (SSSR count). The van der Waals surface area contributed by atoms with Crippen LogP contribution in [0.4, 0.5) is 0 Å². The van der Waals surface area contributed by atoms with Crippen molar-refractivity contribution in [3.05, 3.63) is 53.6 Å². The van der Waals surface area contributed by atoms with E-state index >= 15 is 28.8 Å². The number of hydrogen-bond acceptors (Lipinski definition) is 15. The number of ether oxygens (including phenoxy) is 3. The van der Waals surface area contributed by atoms with Crippen LogP contribution in [0, 0.1) is 11.8 Å². The number of phenolic OH excluding ortho intramolecular Hbond substituents is 1. The molecule has 1 heterocycles. The number of aliphatic carboxylic acids is 3. The van der Waals surface area contributed by atoms with E-state index in [0.717, 1.165) is 38.5 Å². The summed E-state index contributed by atoms with van der Waals surface area (Å²) in [4.78, 5) is 153. The van der Waals surface area contributed by atoms with Crippen molar-refractivity contribution in [2.45, 2.75) is 523 Å². The minimum Gasteiger partial charge on any atom is -0.508 e. The Kier molecular flexibility index (Phi) is 58.7. The predicted octanol–water partition coefficient (Wildman–Crippen LogP) is 23.5. The standard InChI is InChI=1S/C108H187N7O17/c1-19-22-24-26-28-30-32-34-36-38-40-42-44-46-48-50-52-54-56-58-75-130-86-67-64-84(93(79-86)131-76-59-57-55-53-51-49-47-45-43-41-39-37-35-33-31-29-27-25-23-20-2)80-132-104(129)88(77-81(4)5)109-99(124)92(78-83-62-65-85(116)66-63-83)115(108(16,17)18)102(127)91(70-73-96(121)122)114(107(13,14)15)101(126)90(69-72-95(119)120)113(106(10,11)12)100(125)89-61-60-74-112(89)103(128)97(82(6)21-3)110-98(123)87(68-71-94(117)118)111-105(7,8)9/h62-67,79,81-82,87-92,97,111,116H,19-61,68-78,80H2,1-18H3,(H,109,124)(H,110,123)(H,117,118)(H,119,120)(H,121,122)/t82-,87-,88-,89-,90-,91-,92-,97-/m0/s1. The number of likely N-dealkylation sites (tertiary alicyclic amines) is 1. The summed E-state index contributed by atoms with van der Waals surface area (Å²) in [5, 5.41) is 50.5. The Hall–Kier alpha value is -7.50. The molecule has 0 spiro atoms. The second-order valence-corrected chi connectivity index (χ2v) is 42.6. The van der Waals surface area contributed by atoms with Crippen LogP contribution >= 0.6 is 0 Å². The van der Waals surface area contributed by atoms with Crippen molar-refractivity contribution >= 4 is 59.3 Å². The fourth-order valence-corrected chi connectivity index (χ4v) is 18.4. The Bertz CT molecular complexity index is 3600. The third-order valence-corrected chi connectivity index (χ3v) is 25.7. The highest BCUT2D eigenvalue weighted by molar-refractivity contribution is 5.99. The van der Waals surface area contributed by atoms with Gasteiger partial charge >= 0.3 is 23.9 Å². The van der Waals surface area contributed by atoms with Gasteiger partial charge in [0.2, 0.25) is 35.4 Å². The quantitative estimate of drug-likeness (QED) is 0.0239. The molecule has 2 aromatic carbocycles. The molecule has 1 aliphatic heterocycles. The van der Waals surface area contributed by atoms with Gasteiger partial charge in [0.1, 0.15) is 60.1 Å². The van der Waals surface area contributed by atoms with E-state index in [1.807, 2.05) is 59.7 Å². The molecule has 24 heteroatoms. The van der Waals surface area contributed by atoms with Gasteiger partial charge in [-0.3, -0.25) is 43.2 Å². The molecule has 0 aromatic heterocycles. The second-order valence-electron chi connectivity index (χ2n) is 42.6. The summed E-state index contributed by atoms with van der Waals surface area (Å²) < 4.78 is 19.2. The lowest BCUT2D eigenvalue weighted by atomic mass is 9.90. The number of phenols is 1. The monoisotopic (exact) mass is 1850 g/mol. The lowest BCUT2D eigenvalue weighted by Crippen LogP contribution is -2.68. The number of amides is 6. The van der Waals surface area contributed by atoms with E-state index in [0.29, 0.717) is 48.7 Å². The lowest BCUT2D eigenvalue weighted by molar-refractivity contribution is -0.167. The van der Waals surface area contributed by atoms with Crippen molar-refractivity contribution in [2.75, 3.05) is 19.8 Å². The molecule has 0 radical (unpaired) electrons. The van der Waals surface area contributed by atoms with Crippen LogP contribution in [0.1, 0.15) is 457 Å². The first-order valence-corrected chi connectivity index (χ1v) is 52.2. The maximum Gasteiger partial charge on any atom is 0.328 e. The van der Waals surface area contributed by atoms with Gasteiger partial charge in [0.15, 0.2) is 0 Å². The summed E-state index contributed by atoms with van der Waals surface area (Å²) in [5.41, 5.74) is -3.70. The summed E-state index contributed by atoms with van der Waals surface area (Å²) in [6.07, 6.45) is 49.4. The van der Waals surface area contributed by atoms with Gasteiger partial charge in [0.05, 0.1) is 19.3 Å². The van der Waals surface area contributed by atoms with E-state index in [-0.39, 0.29) is 56.9 Å². The summed E-state index contributed by atoms with van der Waals surface area (Å²) >= 11 is 0. The van der Waals surface area contributed by atoms with Crippen molar-refractivity contribution < 1.29 is 82.6 Å². The Morgan fingerprint density at radius 1 is 0.455 bits per heavy atom. The number of nitrogens with zero attached hydrogens (tertiary/aromatic N) is 4. The van der Waals surface area contributed by atoms with Gasteiger partial charge < -0.3 is 70.2 Å². The Balaban J connectivity index is 2.02. The third-order valence-electron chi connectivity index (χ3n) is 25.7. The fraction of sp³-hybridized carbons (Fsp3) is 0.796. The minimum atomic E-state index is -1.75. The number of unbranched alkanes of at least 4 members (excludes halogenated alkanes) is 38. The first kappa shape index (κ1) is 119. The van der Waals surface area contributed by atoms with Crippen molar-refractivity contribution in [1.82, 2.24) is 35.6 Å². The Morgan fingerprint density at radius 3 is 1.23 bits per heavy atom. The summed E-state index contributed by atoms with van der Waals surface area (Å²) in [6.45, 7) is 33.2. The Morgan fingerprint density at radius 2 is 0.841 bits per heavy atom. The highest BCUT2D eigenvalue weighted by Gasteiger charge is 2.52. The zero-order chi connectivity index (χ0) is 98.2. The molecule has 1 aliphatic rings. The number of carboxylic acid groups (broad SMARTS) is 3. The molecular formula is C108H187N7O17. The maximum absolute atomic E-state index is 16.7. The van der Waals surface area contributed by atoms with Crippen molar-refractivity contribution in [1.29, 1.82) is 0 Å². The van der Waals surface area contributed by atoms with Crippen LogP contribution in [0.2, 0.25) is 0 Å². The van der Waals surface area contributed by atoms with Crippen molar-refractivity contribution in [3.8, 4) is 17.2 Å². The van der Waals surface area contributed by atoms with Crippen molar-refractivity contribution in [3.63, 3.8) is 0 Å². The van der Waals surface area contributed by atoms with Gasteiger partial charge in [-0.1, -0.05) is 304 Å². The molecular weight excluding hydrogens is 1670 g/mol. The van der Waals surface area contributed by atoms with Gasteiger partial charge in [-0.15, -0.1) is 0 Å². The fourth-order valence-electron chi connectivity index (χ4n) is 18.4. The molecule has 8 atom stereocenters. The average Bonchev–Trinajstić information content (AvgIpc) is 1.13. The number of carboxylic acids is 3. The zero-order valence-corrected chi connectivity index (χ0v) is 86.0. The number of carbonyl (C=O) groups is 10. The smallest absolute Gasteiger partial charge is 0.328 e. The van der Waals surface area contributed by atoms with Gasteiger partial charge in [0.25, 0.3) is 0 Å². The molecule has 0 unspecified atom stereocenters. The average molecular weight is 1860 g/mol. The van der Waals surface area contributed by atoms with Crippen molar-refractivity contribution in [2.24, 2.45) is 11.8 Å². The topological polar surface area (TPSA) is 328 Å². The first-order chi connectivity index (χ1) is 62.6. The number of carbonyl (C=O) groups excluding carboxylic acids is 7. The number of nitrogens with one attached hydrogen (secondary N) is 3. The molecule has 0 bridgehead atoms. The van der Waals surface area contributed by atoms with Crippen LogP contribution < -0.4 is 25.4 Å². The van der Waals surface area contributed by atoms with Gasteiger partial charge in [-0.25, -0.2) is 4.79 Å². The zero-order valence-electron chi connectivity index (χ0n) is 86.0. The molecule has 2 aromatic rings. The van der Waals surface area contributed by atoms with E-state index in [1.54, 1.807) is 81.4 Å². The highest BCUT2D eigenvalue weighted by Crippen LogP contribution is 2.36. The number of aromatic hydroxyl groups is 1. The van der Waals surface area contributed by atoms with E-state index in [2.05, 4.69) is 29.8 Å². The van der Waals surface area contributed by atoms with E-state index < -0.39 is 155 Å². The Labute approximate surface area is 798 Å². The molecule has 6 amide bonds. The van der Waals surface area contributed by atoms with Crippen LogP contribution in [0.25, 0.3) is 0 Å². The maximum atomic E-state index is 16.7. The number of benzene rings is 2. The van der Waals surface area contributed by atoms with E-state index in [9.17, 15) is 39.6 Å². The van der Waals surface area contributed by atoms with Gasteiger partial charge in [0, 0.05) is 66.0 Å². The predicted molar refractivity (Wildman–Crippen MR) is 531 cm³/mol. The normalized spacial score (nSPS) is 14.8. The third kappa shape index (κ3) is 48.8. The molecule has 1 fully saturated rings. The molecule has 0 saturated carbocycles. The number of hydrogen-bond donors (Lipinski definition) is 7. The first-order valence-electron chi connectivity index (χ1n) is 52.2. The minimum absolute atomic E-state index is 0.0631. The summed E-state index contributed by atoms with van der Waals surface area (Å²) in [5.74, 6) is -8.67. The van der Waals surface area contributed by atoms with Gasteiger partial charge in [-0.05, 0) is 176 Å². The summed E-state index contributed by atoms with van der Waals surface area (Å²) in [6, 6.07) is 1.89. The van der Waals surface area contributed by atoms with E-state index in [1.165, 1.54) is 250 Å². The molecule has 7 N–H and O–H groups in total. The lowest BCUT2D eigenvalue weighted by Gasteiger charge is -2.50. The molecule has 756 valence electrons. The van der Waals surface area contributed by atoms with E-state index in [4.69, 9.17) is 14.2 Å². The molecule has 1 saturated heterocycles.